The van der Waals surface area contributed by atoms with Crippen LogP contribution in [0.1, 0.15) is 6.92 Å². The summed E-state index contributed by atoms with van der Waals surface area (Å²) in [5, 5.41) is 2.55. The van der Waals surface area contributed by atoms with Crippen molar-refractivity contribution in [1.29, 1.82) is 0 Å². The lowest BCUT2D eigenvalue weighted by Crippen LogP contribution is -2.45. The molecule has 0 unspecified atom stereocenters. The summed E-state index contributed by atoms with van der Waals surface area (Å²) in [7, 11) is -1.16. The van der Waals surface area contributed by atoms with Crippen molar-refractivity contribution >= 4 is 19.4 Å². The topological polar surface area (TPSA) is 9.23 Å². The zero-order valence-corrected chi connectivity index (χ0v) is 11.6. The second-order valence-corrected chi connectivity index (χ2v) is 6.41. The molecule has 0 bridgehead atoms. The van der Waals surface area contributed by atoms with Crippen molar-refractivity contribution in [2.24, 2.45) is 0 Å². The summed E-state index contributed by atoms with van der Waals surface area (Å²) in [6, 6.07) is 20.9. The van der Waals surface area contributed by atoms with Crippen molar-refractivity contribution in [2.75, 3.05) is 6.61 Å². The molecular weight excluding hydrogens is 236 g/mol. The third-order valence-corrected chi connectivity index (χ3v) is 4.68. The van der Waals surface area contributed by atoms with Crippen LogP contribution in [0.3, 0.4) is 0 Å². The summed E-state index contributed by atoms with van der Waals surface area (Å²) >= 11 is 0. The van der Waals surface area contributed by atoms with Crippen LogP contribution in [0, 0.1) is 0 Å². The Morgan fingerprint density at radius 3 is 1.78 bits per heavy atom. The molecule has 0 aliphatic carbocycles. The molecule has 0 fully saturated rings. The summed E-state index contributed by atoms with van der Waals surface area (Å²) in [4.78, 5) is 0. The zero-order chi connectivity index (χ0) is 12.8. The van der Waals surface area contributed by atoms with E-state index in [1.807, 2.05) is 19.1 Å². The molecule has 0 spiro atoms. The maximum atomic E-state index is 6.08. The molecule has 2 rings (SSSR count). The molecule has 1 radical (unpaired) electrons. The lowest BCUT2D eigenvalue weighted by Gasteiger charge is -2.16. The SMILES string of the molecule is C=C(C)CO[Si](c1ccccc1)c1ccccc1. The minimum Gasteiger partial charge on any atom is -0.403 e. The van der Waals surface area contributed by atoms with E-state index in [1.165, 1.54) is 10.4 Å². The fourth-order valence-corrected chi connectivity index (χ4v) is 3.76. The van der Waals surface area contributed by atoms with E-state index < -0.39 is 9.04 Å². The first-order chi connectivity index (χ1) is 8.77. The molecule has 0 N–H and O–H groups in total. The first-order valence-electron chi connectivity index (χ1n) is 6.02. The molecule has 2 aromatic carbocycles. The molecule has 1 nitrogen and oxygen atoms in total. The minimum atomic E-state index is -1.16. The van der Waals surface area contributed by atoms with Crippen molar-refractivity contribution in [3.63, 3.8) is 0 Å². The van der Waals surface area contributed by atoms with E-state index in [9.17, 15) is 0 Å². The molecule has 0 aromatic heterocycles. The Morgan fingerprint density at radius 1 is 0.944 bits per heavy atom. The van der Waals surface area contributed by atoms with Crippen molar-refractivity contribution in [2.45, 2.75) is 6.92 Å². The third-order valence-electron chi connectivity index (χ3n) is 2.53. The lowest BCUT2D eigenvalue weighted by atomic mass is 10.4. The van der Waals surface area contributed by atoms with Gasteiger partial charge in [0.05, 0.1) is 6.61 Å². The summed E-state index contributed by atoms with van der Waals surface area (Å²) in [6.07, 6.45) is 0. The Kier molecular flexibility index (Phi) is 4.50. The molecule has 2 aromatic rings. The van der Waals surface area contributed by atoms with Crippen LogP contribution in [-0.4, -0.2) is 15.6 Å². The molecule has 2 heteroatoms. The van der Waals surface area contributed by atoms with E-state index in [4.69, 9.17) is 4.43 Å². The van der Waals surface area contributed by atoms with Gasteiger partial charge in [-0.2, -0.15) is 0 Å². The third kappa shape index (κ3) is 3.42. The highest BCUT2D eigenvalue weighted by Gasteiger charge is 2.18. The summed E-state index contributed by atoms with van der Waals surface area (Å²) in [5.41, 5.74) is 1.06. The van der Waals surface area contributed by atoms with E-state index in [2.05, 4.69) is 55.1 Å². The van der Waals surface area contributed by atoms with Gasteiger partial charge in [0.2, 0.25) is 0 Å². The fraction of sp³-hybridized carbons (Fsp3) is 0.125. The van der Waals surface area contributed by atoms with Crippen LogP contribution >= 0.6 is 0 Å². The summed E-state index contributed by atoms with van der Waals surface area (Å²) in [6.45, 7) is 6.52. The highest BCUT2D eigenvalue weighted by Crippen LogP contribution is 1.97. The highest BCUT2D eigenvalue weighted by atomic mass is 28.3. The lowest BCUT2D eigenvalue weighted by molar-refractivity contribution is 0.371. The van der Waals surface area contributed by atoms with Gasteiger partial charge in [-0.15, -0.1) is 0 Å². The highest BCUT2D eigenvalue weighted by molar-refractivity contribution is 6.80. The maximum absolute atomic E-state index is 6.08. The van der Waals surface area contributed by atoms with Gasteiger partial charge >= 0.3 is 0 Å². The first-order valence-corrected chi connectivity index (χ1v) is 7.43. The molecular formula is C16H17OSi. The predicted molar refractivity (Wildman–Crippen MR) is 78.7 cm³/mol. The number of hydrogen-bond acceptors (Lipinski definition) is 1. The van der Waals surface area contributed by atoms with Gasteiger partial charge in [-0.1, -0.05) is 72.8 Å². The second-order valence-electron chi connectivity index (χ2n) is 4.31. The summed E-state index contributed by atoms with van der Waals surface area (Å²) < 4.78 is 6.08. The van der Waals surface area contributed by atoms with Crippen LogP contribution in [0.25, 0.3) is 0 Å². The Bertz CT molecular complexity index is 454. The molecule has 0 saturated heterocycles. The normalized spacial score (nSPS) is 10.6. The van der Waals surface area contributed by atoms with Gasteiger partial charge in [-0.3, -0.25) is 0 Å². The Labute approximate surface area is 110 Å². The molecule has 0 amide bonds. The fourth-order valence-electron chi connectivity index (χ4n) is 1.71. The van der Waals surface area contributed by atoms with Gasteiger partial charge in [-0.25, -0.2) is 0 Å². The van der Waals surface area contributed by atoms with Crippen molar-refractivity contribution in [1.82, 2.24) is 0 Å². The van der Waals surface area contributed by atoms with Gasteiger partial charge in [-0.05, 0) is 17.3 Å². The molecule has 18 heavy (non-hydrogen) atoms. The smallest absolute Gasteiger partial charge is 0.283 e. The Hall–Kier alpha value is -1.64. The predicted octanol–water partition coefficient (Wildman–Crippen LogP) is 2.39. The van der Waals surface area contributed by atoms with Crippen LogP contribution in [0.4, 0.5) is 0 Å². The molecule has 91 valence electrons. The van der Waals surface area contributed by atoms with Crippen LogP contribution in [-0.2, 0) is 4.43 Å². The monoisotopic (exact) mass is 253 g/mol. The maximum Gasteiger partial charge on any atom is 0.283 e. The Balaban J connectivity index is 2.26. The largest absolute Gasteiger partial charge is 0.403 e. The first kappa shape index (κ1) is 12.8. The number of rotatable bonds is 5. The number of hydrogen-bond donors (Lipinski definition) is 0. The van der Waals surface area contributed by atoms with Crippen molar-refractivity contribution in [3.8, 4) is 0 Å². The average Bonchev–Trinajstić information content (AvgIpc) is 2.41. The van der Waals surface area contributed by atoms with E-state index in [0.717, 1.165) is 5.57 Å². The Morgan fingerprint density at radius 2 is 1.39 bits per heavy atom. The van der Waals surface area contributed by atoms with Crippen LogP contribution < -0.4 is 10.4 Å². The average molecular weight is 253 g/mol. The second kappa shape index (κ2) is 6.33. The van der Waals surface area contributed by atoms with Gasteiger partial charge in [0.1, 0.15) is 0 Å². The van der Waals surface area contributed by atoms with Crippen LogP contribution in [0.15, 0.2) is 72.8 Å². The van der Waals surface area contributed by atoms with E-state index >= 15 is 0 Å². The molecule has 0 atom stereocenters. The molecule has 0 heterocycles. The quantitative estimate of drug-likeness (QED) is 0.587. The molecule has 0 aliphatic rings. The van der Waals surface area contributed by atoms with Gasteiger partial charge in [0.15, 0.2) is 0 Å². The van der Waals surface area contributed by atoms with E-state index in [-0.39, 0.29) is 0 Å². The zero-order valence-electron chi connectivity index (χ0n) is 10.6. The molecule has 0 aliphatic heterocycles. The molecule has 0 saturated carbocycles. The van der Waals surface area contributed by atoms with Crippen LogP contribution in [0.5, 0.6) is 0 Å². The van der Waals surface area contributed by atoms with E-state index in [0.29, 0.717) is 6.61 Å². The minimum absolute atomic E-state index is 0.623. The van der Waals surface area contributed by atoms with Crippen molar-refractivity contribution < 1.29 is 4.43 Å². The summed E-state index contributed by atoms with van der Waals surface area (Å²) in [5.74, 6) is 0. The van der Waals surface area contributed by atoms with E-state index in [1.54, 1.807) is 0 Å². The number of benzene rings is 2. The standard InChI is InChI=1S/C16H17OSi/c1-14(2)13-17-18(15-9-5-3-6-10-15)16-11-7-4-8-12-16/h3-12H,1,13H2,2H3. The van der Waals surface area contributed by atoms with Crippen LogP contribution in [0.2, 0.25) is 0 Å². The van der Waals surface area contributed by atoms with Crippen molar-refractivity contribution in [3.05, 3.63) is 72.8 Å². The van der Waals surface area contributed by atoms with Gasteiger partial charge in [0, 0.05) is 0 Å². The van der Waals surface area contributed by atoms with Gasteiger partial charge in [0.25, 0.3) is 9.04 Å². The van der Waals surface area contributed by atoms with Gasteiger partial charge < -0.3 is 4.43 Å².